The lowest BCUT2D eigenvalue weighted by Crippen LogP contribution is -2.27. The fraction of sp³-hybridized carbons (Fsp3) is 0.594. The molecule has 0 aliphatic rings. The van der Waals surface area contributed by atoms with Crippen molar-refractivity contribution in [3.8, 4) is 22.6 Å². The van der Waals surface area contributed by atoms with Gasteiger partial charge in [0.25, 0.3) is 0 Å². The van der Waals surface area contributed by atoms with Crippen LogP contribution in [0.1, 0.15) is 104 Å². The van der Waals surface area contributed by atoms with Gasteiger partial charge in [0.1, 0.15) is 11.5 Å². The van der Waals surface area contributed by atoms with E-state index in [1.165, 1.54) is 70.6 Å². The lowest BCUT2D eigenvalue weighted by Gasteiger charge is -2.13. The summed E-state index contributed by atoms with van der Waals surface area (Å²) in [5, 5.41) is 0. The molecule has 200 valence electrons. The molecule has 0 fully saturated rings. The smallest absolute Gasteiger partial charge is 0.346 e. The van der Waals surface area contributed by atoms with Crippen molar-refractivity contribution in [2.75, 3.05) is 6.61 Å². The van der Waals surface area contributed by atoms with E-state index in [2.05, 4.69) is 6.92 Å². The molecular formula is C32H47FO3. The normalized spacial score (nSPS) is 12.8. The minimum Gasteiger partial charge on any atom is -0.494 e. The first-order chi connectivity index (χ1) is 17.5. The lowest BCUT2D eigenvalue weighted by molar-refractivity contribution is -0.141. The molecule has 0 aromatic heterocycles. The summed E-state index contributed by atoms with van der Waals surface area (Å²) in [6.07, 6.45) is 15.1. The van der Waals surface area contributed by atoms with Gasteiger partial charge >= 0.3 is 5.97 Å². The minimum absolute atomic E-state index is 0.350. The van der Waals surface area contributed by atoms with Crippen molar-refractivity contribution in [1.29, 1.82) is 0 Å². The average molecular weight is 499 g/mol. The van der Waals surface area contributed by atoms with Gasteiger partial charge in [0, 0.05) is 0 Å². The summed E-state index contributed by atoms with van der Waals surface area (Å²) >= 11 is 0. The van der Waals surface area contributed by atoms with E-state index in [-0.39, 0.29) is 5.92 Å². The van der Waals surface area contributed by atoms with Crippen LogP contribution in [-0.4, -0.2) is 18.7 Å². The maximum atomic E-state index is 14.0. The van der Waals surface area contributed by atoms with Crippen LogP contribution < -0.4 is 9.47 Å². The van der Waals surface area contributed by atoms with Gasteiger partial charge in [-0.2, -0.15) is 0 Å². The third-order valence-corrected chi connectivity index (χ3v) is 6.90. The second kappa shape index (κ2) is 18.0. The fourth-order valence-corrected chi connectivity index (χ4v) is 4.20. The van der Waals surface area contributed by atoms with E-state index in [0.29, 0.717) is 12.2 Å². The number of hydrogen-bond acceptors (Lipinski definition) is 3. The highest BCUT2D eigenvalue weighted by atomic mass is 19.1. The van der Waals surface area contributed by atoms with Gasteiger partial charge in [-0.1, -0.05) is 122 Å². The highest BCUT2D eigenvalue weighted by Gasteiger charge is 2.25. The summed E-state index contributed by atoms with van der Waals surface area (Å²) in [6.45, 7) is 6.59. The number of carbonyl (C=O) groups excluding carboxylic acids is 1. The van der Waals surface area contributed by atoms with Crippen LogP contribution in [0.25, 0.3) is 11.1 Å². The summed E-state index contributed by atoms with van der Waals surface area (Å²) in [5.74, 6) is 0.0625. The zero-order valence-electron chi connectivity index (χ0n) is 22.8. The summed E-state index contributed by atoms with van der Waals surface area (Å²) in [6, 6.07) is 15.2. The van der Waals surface area contributed by atoms with E-state index in [1.807, 2.05) is 43.3 Å². The Labute approximate surface area is 218 Å². The summed E-state index contributed by atoms with van der Waals surface area (Å²) in [7, 11) is 0. The molecule has 0 aliphatic heterocycles. The van der Waals surface area contributed by atoms with E-state index < -0.39 is 12.1 Å². The van der Waals surface area contributed by atoms with Crippen LogP contribution in [0.3, 0.4) is 0 Å². The summed E-state index contributed by atoms with van der Waals surface area (Å²) in [5.41, 5.74) is 2.05. The monoisotopic (exact) mass is 498 g/mol. The molecule has 0 bridgehead atoms. The quantitative estimate of drug-likeness (QED) is 0.110. The maximum Gasteiger partial charge on any atom is 0.346 e. The van der Waals surface area contributed by atoms with E-state index in [0.717, 1.165) is 29.9 Å². The molecular weight excluding hydrogens is 451 g/mol. The highest BCUT2D eigenvalue weighted by Crippen LogP contribution is 2.25. The third-order valence-electron chi connectivity index (χ3n) is 6.90. The van der Waals surface area contributed by atoms with Gasteiger partial charge in [0.15, 0.2) is 6.17 Å². The molecule has 4 heteroatoms. The molecule has 2 rings (SSSR count). The molecule has 3 nitrogen and oxygen atoms in total. The molecule has 0 amide bonds. The van der Waals surface area contributed by atoms with Crippen LogP contribution in [0, 0.1) is 5.92 Å². The van der Waals surface area contributed by atoms with Crippen LogP contribution in [0.15, 0.2) is 48.5 Å². The molecule has 0 N–H and O–H groups in total. The minimum atomic E-state index is -1.60. The number of carbonyl (C=O) groups is 1. The van der Waals surface area contributed by atoms with Crippen molar-refractivity contribution in [1.82, 2.24) is 0 Å². The van der Waals surface area contributed by atoms with Crippen LogP contribution >= 0.6 is 0 Å². The van der Waals surface area contributed by atoms with E-state index in [9.17, 15) is 9.18 Å². The number of unbranched alkanes of at least 4 members (excludes halogenated alkanes) is 11. The Balaban J connectivity index is 1.60. The van der Waals surface area contributed by atoms with Crippen molar-refractivity contribution in [2.45, 2.75) is 110 Å². The van der Waals surface area contributed by atoms with Gasteiger partial charge in [-0.3, -0.25) is 0 Å². The Kier molecular flexibility index (Phi) is 14.9. The molecule has 0 saturated heterocycles. The molecule has 0 radical (unpaired) electrons. The molecule has 2 atom stereocenters. The first-order valence-corrected chi connectivity index (χ1v) is 14.2. The van der Waals surface area contributed by atoms with Crippen LogP contribution in [-0.2, 0) is 4.79 Å². The van der Waals surface area contributed by atoms with Crippen LogP contribution in [0.4, 0.5) is 4.39 Å². The Hall–Kier alpha value is -2.36. The van der Waals surface area contributed by atoms with E-state index in [4.69, 9.17) is 9.47 Å². The lowest BCUT2D eigenvalue weighted by atomic mass is 10.0. The fourth-order valence-electron chi connectivity index (χ4n) is 4.20. The topological polar surface area (TPSA) is 35.5 Å². The molecule has 2 unspecified atom stereocenters. The second-order valence-corrected chi connectivity index (χ2v) is 9.99. The van der Waals surface area contributed by atoms with Crippen LogP contribution in [0.2, 0.25) is 0 Å². The van der Waals surface area contributed by atoms with Gasteiger partial charge in [-0.05, 0) is 47.7 Å². The predicted molar refractivity (Wildman–Crippen MR) is 148 cm³/mol. The summed E-state index contributed by atoms with van der Waals surface area (Å²) < 4.78 is 25.1. The Morgan fingerprint density at radius 2 is 1.14 bits per heavy atom. The van der Waals surface area contributed by atoms with Crippen molar-refractivity contribution in [3.05, 3.63) is 48.5 Å². The van der Waals surface area contributed by atoms with Gasteiger partial charge in [-0.25, -0.2) is 9.18 Å². The first kappa shape index (κ1) is 29.9. The Morgan fingerprint density at radius 1 is 0.694 bits per heavy atom. The maximum absolute atomic E-state index is 14.0. The largest absolute Gasteiger partial charge is 0.494 e. The molecule has 0 spiro atoms. The molecule has 0 heterocycles. The third kappa shape index (κ3) is 11.6. The number of esters is 1. The molecule has 2 aromatic rings. The van der Waals surface area contributed by atoms with E-state index >= 15 is 0 Å². The number of hydrogen-bond donors (Lipinski definition) is 0. The average Bonchev–Trinajstić information content (AvgIpc) is 2.91. The first-order valence-electron chi connectivity index (χ1n) is 14.2. The molecule has 0 aliphatic carbocycles. The van der Waals surface area contributed by atoms with Crippen molar-refractivity contribution >= 4 is 5.97 Å². The van der Waals surface area contributed by atoms with Gasteiger partial charge < -0.3 is 9.47 Å². The predicted octanol–water partition coefficient (Wildman–Crippen LogP) is 9.72. The SMILES string of the molecule is CCCCCCCCCCCCCCOc1ccc(-c2ccc(OC(=O)C(F)C(C)CC)cc2)cc1. The number of ether oxygens (including phenoxy) is 2. The van der Waals surface area contributed by atoms with Gasteiger partial charge in [-0.15, -0.1) is 0 Å². The standard InChI is InChI=1S/C32H47FO3/c1-4-6-7-8-9-10-11-12-13-14-15-16-25-35-29-21-17-27(18-22-29)28-19-23-30(24-20-28)36-32(34)31(33)26(3)5-2/h17-24,26,31H,4-16,25H2,1-3H3. The highest BCUT2D eigenvalue weighted by molar-refractivity contribution is 5.77. The Morgan fingerprint density at radius 3 is 1.61 bits per heavy atom. The number of halogens is 1. The zero-order chi connectivity index (χ0) is 26.0. The van der Waals surface area contributed by atoms with Gasteiger partial charge in [0.2, 0.25) is 0 Å². The molecule has 0 saturated carbocycles. The number of rotatable bonds is 19. The van der Waals surface area contributed by atoms with E-state index in [1.54, 1.807) is 19.1 Å². The molecule has 36 heavy (non-hydrogen) atoms. The summed E-state index contributed by atoms with van der Waals surface area (Å²) in [4.78, 5) is 11.9. The zero-order valence-corrected chi connectivity index (χ0v) is 22.8. The molecule has 2 aromatic carbocycles. The van der Waals surface area contributed by atoms with Crippen molar-refractivity contribution < 1.29 is 18.7 Å². The second-order valence-electron chi connectivity index (χ2n) is 9.99. The number of benzene rings is 2. The number of alkyl halides is 1. The van der Waals surface area contributed by atoms with Crippen molar-refractivity contribution in [2.24, 2.45) is 5.92 Å². The van der Waals surface area contributed by atoms with Crippen LogP contribution in [0.5, 0.6) is 11.5 Å². The van der Waals surface area contributed by atoms with Crippen molar-refractivity contribution in [3.63, 3.8) is 0 Å². The Bertz CT molecular complexity index is 831. The van der Waals surface area contributed by atoms with Gasteiger partial charge in [0.05, 0.1) is 6.61 Å².